The van der Waals surface area contributed by atoms with Gasteiger partial charge < -0.3 is 4.42 Å². The number of aryl methyl sites for hydroxylation is 3. The maximum absolute atomic E-state index is 12.7. The Kier molecular flexibility index (Phi) is 5.52. The zero-order valence-corrected chi connectivity index (χ0v) is 18.1. The van der Waals surface area contributed by atoms with Crippen molar-refractivity contribution in [1.82, 2.24) is 20.6 Å². The van der Waals surface area contributed by atoms with Crippen molar-refractivity contribution < 1.29 is 14.0 Å². The van der Waals surface area contributed by atoms with E-state index in [0.717, 1.165) is 16.5 Å². The van der Waals surface area contributed by atoms with E-state index in [-0.39, 0.29) is 16.5 Å². The first-order chi connectivity index (χ1) is 14.8. The lowest BCUT2D eigenvalue weighted by Crippen LogP contribution is -2.42. The molecule has 0 unspecified atom stereocenters. The first-order valence-electron chi connectivity index (χ1n) is 9.72. The molecule has 4 rings (SSSR count). The molecule has 0 radical (unpaired) electrons. The number of para-hydroxylation sites is 1. The summed E-state index contributed by atoms with van der Waals surface area (Å²) in [5.74, 6) is -0.970. The molecule has 4 aromatic rings. The second-order valence-electron chi connectivity index (χ2n) is 7.36. The Morgan fingerprint density at radius 3 is 2.39 bits per heavy atom. The molecule has 2 heterocycles. The van der Waals surface area contributed by atoms with Gasteiger partial charge in [-0.25, -0.2) is 4.68 Å². The van der Waals surface area contributed by atoms with Gasteiger partial charge in [-0.05, 0) is 32.4 Å². The van der Waals surface area contributed by atoms with Gasteiger partial charge in [0.05, 0.1) is 12.2 Å². The molecular weight excluding hydrogens is 416 g/mol. The van der Waals surface area contributed by atoms with Gasteiger partial charge in [0.25, 0.3) is 5.91 Å². The van der Waals surface area contributed by atoms with Crippen molar-refractivity contribution in [2.24, 2.45) is 0 Å². The molecule has 31 heavy (non-hydrogen) atoms. The Morgan fingerprint density at radius 1 is 1.00 bits per heavy atom. The molecule has 0 saturated carbocycles. The van der Waals surface area contributed by atoms with Gasteiger partial charge in [0, 0.05) is 10.9 Å². The fourth-order valence-electron chi connectivity index (χ4n) is 3.41. The largest absolute Gasteiger partial charge is 0.451 e. The number of amides is 2. The highest BCUT2D eigenvalue weighted by atomic mass is 35.5. The van der Waals surface area contributed by atoms with Crippen LogP contribution in [-0.4, -0.2) is 21.6 Å². The minimum absolute atomic E-state index is 0.138. The molecule has 0 aliphatic rings. The van der Waals surface area contributed by atoms with Crippen LogP contribution >= 0.6 is 11.6 Å². The summed E-state index contributed by atoms with van der Waals surface area (Å²) in [4.78, 5) is 25.2. The van der Waals surface area contributed by atoms with Crippen LogP contribution in [0.15, 0.2) is 52.9 Å². The van der Waals surface area contributed by atoms with Crippen LogP contribution in [0.3, 0.4) is 0 Å². The summed E-state index contributed by atoms with van der Waals surface area (Å²) in [5, 5.41) is 5.41. The number of hydrogen-bond acceptors (Lipinski definition) is 4. The maximum atomic E-state index is 12.7. The lowest BCUT2D eigenvalue weighted by molar-refractivity contribution is 0.0831. The number of nitrogens with zero attached hydrogens (tertiary/aromatic N) is 2. The van der Waals surface area contributed by atoms with Crippen molar-refractivity contribution >= 4 is 34.4 Å². The van der Waals surface area contributed by atoms with Gasteiger partial charge >= 0.3 is 5.91 Å². The Labute approximate surface area is 184 Å². The van der Waals surface area contributed by atoms with Crippen molar-refractivity contribution in [2.75, 3.05) is 0 Å². The molecule has 0 bridgehead atoms. The number of halogens is 1. The summed E-state index contributed by atoms with van der Waals surface area (Å²) >= 11 is 6.43. The molecule has 8 heteroatoms. The minimum Gasteiger partial charge on any atom is -0.451 e. The van der Waals surface area contributed by atoms with Gasteiger partial charge in [0.15, 0.2) is 5.76 Å². The van der Waals surface area contributed by atoms with Crippen LogP contribution in [0.2, 0.25) is 5.15 Å². The standard InChI is InChI=1S/C23H21ClN4O3/c1-13-8-10-16(11-9-13)12-28-21(24)19(15(3)27-28)22(29)25-26-23(30)20-14(2)17-6-4-5-7-18(17)31-20/h4-11H,12H2,1-3H3,(H,25,29)(H,26,30). The second kappa shape index (κ2) is 8.28. The number of hydrogen-bond donors (Lipinski definition) is 2. The van der Waals surface area contributed by atoms with E-state index in [2.05, 4.69) is 16.0 Å². The number of carbonyl (C=O) groups is 2. The number of rotatable bonds is 4. The van der Waals surface area contributed by atoms with Crippen LogP contribution in [0.25, 0.3) is 11.0 Å². The predicted octanol–water partition coefficient (Wildman–Crippen LogP) is 4.33. The van der Waals surface area contributed by atoms with E-state index >= 15 is 0 Å². The average molecular weight is 437 g/mol. The van der Waals surface area contributed by atoms with Gasteiger partial charge in [0.1, 0.15) is 16.3 Å². The predicted molar refractivity (Wildman–Crippen MR) is 118 cm³/mol. The van der Waals surface area contributed by atoms with Crippen LogP contribution < -0.4 is 10.9 Å². The zero-order valence-electron chi connectivity index (χ0n) is 17.3. The molecule has 2 N–H and O–H groups in total. The number of hydrazine groups is 1. The highest BCUT2D eigenvalue weighted by Gasteiger charge is 2.22. The van der Waals surface area contributed by atoms with Crippen molar-refractivity contribution in [3.05, 3.63) is 87.4 Å². The van der Waals surface area contributed by atoms with Gasteiger partial charge in [-0.3, -0.25) is 20.4 Å². The molecule has 2 amide bonds. The number of fused-ring (bicyclic) bond motifs is 1. The third-order valence-corrected chi connectivity index (χ3v) is 5.47. The first kappa shape index (κ1) is 20.7. The maximum Gasteiger partial charge on any atom is 0.305 e. The Hall–Kier alpha value is -3.58. The molecule has 0 aliphatic heterocycles. The Morgan fingerprint density at radius 2 is 1.68 bits per heavy atom. The highest BCUT2D eigenvalue weighted by molar-refractivity contribution is 6.33. The first-order valence-corrected chi connectivity index (χ1v) is 10.1. The number of benzene rings is 2. The van der Waals surface area contributed by atoms with Crippen molar-refractivity contribution in [2.45, 2.75) is 27.3 Å². The molecule has 2 aromatic carbocycles. The number of aromatic nitrogens is 2. The van der Waals surface area contributed by atoms with E-state index in [1.54, 1.807) is 24.6 Å². The minimum atomic E-state index is -0.556. The van der Waals surface area contributed by atoms with Gasteiger partial charge in [-0.2, -0.15) is 5.10 Å². The molecule has 0 fully saturated rings. The highest BCUT2D eigenvalue weighted by Crippen LogP contribution is 2.25. The van der Waals surface area contributed by atoms with E-state index in [1.807, 2.05) is 49.4 Å². The number of nitrogens with one attached hydrogen (secondary N) is 2. The van der Waals surface area contributed by atoms with E-state index in [4.69, 9.17) is 16.0 Å². The summed E-state index contributed by atoms with van der Waals surface area (Å²) in [6.07, 6.45) is 0. The third-order valence-electron chi connectivity index (χ3n) is 5.08. The lowest BCUT2D eigenvalue weighted by Gasteiger charge is -2.07. The lowest BCUT2D eigenvalue weighted by atomic mass is 10.1. The van der Waals surface area contributed by atoms with Crippen LogP contribution in [0.4, 0.5) is 0 Å². The summed E-state index contributed by atoms with van der Waals surface area (Å²) in [5.41, 5.74) is 8.92. The van der Waals surface area contributed by atoms with E-state index in [9.17, 15) is 9.59 Å². The second-order valence-corrected chi connectivity index (χ2v) is 7.71. The molecule has 0 atom stereocenters. The average Bonchev–Trinajstić information content (AvgIpc) is 3.24. The van der Waals surface area contributed by atoms with Crippen molar-refractivity contribution in [3.8, 4) is 0 Å². The summed E-state index contributed by atoms with van der Waals surface area (Å²) in [6.45, 7) is 5.92. The van der Waals surface area contributed by atoms with E-state index in [1.165, 1.54) is 0 Å². The molecule has 0 spiro atoms. The van der Waals surface area contributed by atoms with Crippen LogP contribution in [0.1, 0.15) is 43.3 Å². The normalized spacial score (nSPS) is 11.0. The molecular formula is C23H21ClN4O3. The fraction of sp³-hybridized carbons (Fsp3) is 0.174. The SMILES string of the molecule is Cc1ccc(Cn2nc(C)c(C(=O)NNC(=O)c3oc4ccccc4c3C)c2Cl)cc1. The number of carbonyl (C=O) groups excluding carboxylic acids is 2. The summed E-state index contributed by atoms with van der Waals surface area (Å²) in [7, 11) is 0. The van der Waals surface area contributed by atoms with Gasteiger partial charge in [0.2, 0.25) is 0 Å². The molecule has 0 aliphatic carbocycles. The van der Waals surface area contributed by atoms with E-state index in [0.29, 0.717) is 23.4 Å². The van der Waals surface area contributed by atoms with Crippen LogP contribution in [-0.2, 0) is 6.54 Å². The molecule has 2 aromatic heterocycles. The van der Waals surface area contributed by atoms with Crippen molar-refractivity contribution in [1.29, 1.82) is 0 Å². The molecule has 7 nitrogen and oxygen atoms in total. The van der Waals surface area contributed by atoms with Crippen LogP contribution in [0, 0.1) is 20.8 Å². The van der Waals surface area contributed by atoms with Crippen LogP contribution in [0.5, 0.6) is 0 Å². The van der Waals surface area contributed by atoms with E-state index < -0.39 is 11.8 Å². The van der Waals surface area contributed by atoms with Crippen molar-refractivity contribution in [3.63, 3.8) is 0 Å². The Balaban J connectivity index is 1.48. The molecule has 158 valence electrons. The number of furan rings is 1. The quantitative estimate of drug-likeness (QED) is 0.466. The fourth-order valence-corrected chi connectivity index (χ4v) is 3.73. The third kappa shape index (κ3) is 4.04. The summed E-state index contributed by atoms with van der Waals surface area (Å²) < 4.78 is 7.18. The monoisotopic (exact) mass is 436 g/mol. The smallest absolute Gasteiger partial charge is 0.305 e. The Bertz CT molecular complexity index is 1290. The van der Waals surface area contributed by atoms with Gasteiger partial charge in [-0.15, -0.1) is 0 Å². The molecule has 0 saturated heterocycles. The summed E-state index contributed by atoms with van der Waals surface area (Å²) in [6, 6.07) is 15.3. The topological polar surface area (TPSA) is 89.2 Å². The zero-order chi connectivity index (χ0) is 22.1. The van der Waals surface area contributed by atoms with Gasteiger partial charge in [-0.1, -0.05) is 59.6 Å².